The Morgan fingerprint density at radius 3 is 2.67 bits per heavy atom. The molecule has 1 heterocycles. The lowest BCUT2D eigenvalue weighted by molar-refractivity contribution is 0.0949. The van der Waals surface area contributed by atoms with Gasteiger partial charge in [0.15, 0.2) is 0 Å². The van der Waals surface area contributed by atoms with Crippen LogP contribution in [0.25, 0.3) is 0 Å². The number of carbonyl (C=O) groups is 1. The zero-order chi connectivity index (χ0) is 12.5. The van der Waals surface area contributed by atoms with Crippen LogP contribution in [0.5, 0.6) is 0 Å². The van der Waals surface area contributed by atoms with Gasteiger partial charge in [0.25, 0.3) is 5.91 Å². The van der Waals surface area contributed by atoms with Crippen LogP contribution < -0.4 is 10.2 Å². The highest BCUT2D eigenvalue weighted by molar-refractivity contribution is 6.31. The smallest absolute Gasteiger partial charge is 0.254 e. The van der Waals surface area contributed by atoms with Gasteiger partial charge in [-0.3, -0.25) is 4.79 Å². The van der Waals surface area contributed by atoms with Gasteiger partial charge in [-0.15, -0.1) is 0 Å². The summed E-state index contributed by atoms with van der Waals surface area (Å²) in [6.45, 7) is 0.455. The van der Waals surface area contributed by atoms with Crippen LogP contribution in [0.4, 0.5) is 11.4 Å². The standard InChI is InChI=1S/C14H11ClN2O/c15-10-6-7-12-13(8-10)17(9-16-14(12)18)11-4-2-1-3-5-11/h1-8H,9H2,(H,16,18). The topological polar surface area (TPSA) is 32.3 Å². The zero-order valence-corrected chi connectivity index (χ0v) is 10.3. The van der Waals surface area contributed by atoms with Crippen molar-refractivity contribution in [2.75, 3.05) is 11.6 Å². The van der Waals surface area contributed by atoms with Crippen molar-refractivity contribution in [2.24, 2.45) is 0 Å². The number of hydrogen-bond acceptors (Lipinski definition) is 2. The molecule has 0 unspecified atom stereocenters. The van der Waals surface area contributed by atoms with Crippen LogP contribution in [0.15, 0.2) is 48.5 Å². The Balaban J connectivity index is 2.13. The minimum absolute atomic E-state index is 0.0613. The molecule has 0 aliphatic carbocycles. The van der Waals surface area contributed by atoms with Gasteiger partial charge in [-0.05, 0) is 30.3 Å². The van der Waals surface area contributed by atoms with Crippen molar-refractivity contribution in [1.82, 2.24) is 5.32 Å². The number of anilines is 2. The highest BCUT2D eigenvalue weighted by Gasteiger charge is 2.23. The first-order valence-corrected chi connectivity index (χ1v) is 6.04. The molecule has 0 spiro atoms. The Labute approximate surface area is 110 Å². The molecule has 2 aromatic rings. The molecule has 3 rings (SSSR count). The fourth-order valence-electron chi connectivity index (χ4n) is 2.09. The molecule has 0 aromatic heterocycles. The maximum Gasteiger partial charge on any atom is 0.254 e. The van der Waals surface area contributed by atoms with E-state index in [1.807, 2.05) is 41.3 Å². The van der Waals surface area contributed by atoms with Crippen molar-refractivity contribution >= 4 is 28.9 Å². The van der Waals surface area contributed by atoms with Crippen LogP contribution in [0, 0.1) is 0 Å². The van der Waals surface area contributed by atoms with Crippen LogP contribution in [0.2, 0.25) is 5.02 Å². The number of carbonyl (C=O) groups excluding carboxylic acids is 1. The van der Waals surface area contributed by atoms with E-state index in [9.17, 15) is 4.79 Å². The van der Waals surface area contributed by atoms with Gasteiger partial charge in [0, 0.05) is 10.7 Å². The van der Waals surface area contributed by atoms with Crippen molar-refractivity contribution in [3.05, 3.63) is 59.1 Å². The highest BCUT2D eigenvalue weighted by Crippen LogP contribution is 2.32. The molecule has 1 aliphatic heterocycles. The number of amides is 1. The van der Waals surface area contributed by atoms with Gasteiger partial charge in [-0.1, -0.05) is 29.8 Å². The summed E-state index contributed by atoms with van der Waals surface area (Å²) in [5, 5.41) is 3.48. The molecule has 1 N–H and O–H groups in total. The summed E-state index contributed by atoms with van der Waals surface area (Å²) in [6.07, 6.45) is 0. The van der Waals surface area contributed by atoms with E-state index in [0.717, 1.165) is 11.4 Å². The molecule has 1 amide bonds. The van der Waals surface area contributed by atoms with Gasteiger partial charge in [0.1, 0.15) is 0 Å². The molecule has 0 radical (unpaired) electrons. The van der Waals surface area contributed by atoms with E-state index in [2.05, 4.69) is 5.32 Å². The van der Waals surface area contributed by atoms with Crippen LogP contribution in [-0.2, 0) is 0 Å². The molecule has 90 valence electrons. The average Bonchev–Trinajstić information content (AvgIpc) is 2.40. The van der Waals surface area contributed by atoms with E-state index in [4.69, 9.17) is 11.6 Å². The van der Waals surface area contributed by atoms with E-state index >= 15 is 0 Å². The molecule has 18 heavy (non-hydrogen) atoms. The first-order chi connectivity index (χ1) is 8.75. The Kier molecular flexibility index (Phi) is 2.68. The van der Waals surface area contributed by atoms with Gasteiger partial charge in [0.05, 0.1) is 17.9 Å². The molecule has 0 atom stereocenters. The summed E-state index contributed by atoms with van der Waals surface area (Å²) < 4.78 is 0. The van der Waals surface area contributed by atoms with E-state index in [1.54, 1.807) is 12.1 Å². The third-order valence-electron chi connectivity index (χ3n) is 2.96. The van der Waals surface area contributed by atoms with Crippen LogP contribution in [0.3, 0.4) is 0 Å². The van der Waals surface area contributed by atoms with Gasteiger partial charge in [-0.2, -0.15) is 0 Å². The number of para-hydroxylation sites is 1. The van der Waals surface area contributed by atoms with Crippen molar-refractivity contribution < 1.29 is 4.79 Å². The number of benzene rings is 2. The van der Waals surface area contributed by atoms with Crippen molar-refractivity contribution in [3.63, 3.8) is 0 Å². The van der Waals surface area contributed by atoms with Gasteiger partial charge < -0.3 is 10.2 Å². The van der Waals surface area contributed by atoms with E-state index in [1.165, 1.54) is 0 Å². The number of halogens is 1. The predicted molar refractivity (Wildman–Crippen MR) is 72.4 cm³/mol. The molecule has 2 aromatic carbocycles. The third-order valence-corrected chi connectivity index (χ3v) is 3.20. The predicted octanol–water partition coefficient (Wildman–Crippen LogP) is 3.18. The molecule has 4 heteroatoms. The summed E-state index contributed by atoms with van der Waals surface area (Å²) in [6, 6.07) is 15.2. The van der Waals surface area contributed by atoms with Crippen molar-refractivity contribution in [2.45, 2.75) is 0 Å². The lowest BCUT2D eigenvalue weighted by Crippen LogP contribution is -2.40. The Morgan fingerprint density at radius 1 is 1.11 bits per heavy atom. The number of nitrogens with zero attached hydrogens (tertiary/aromatic N) is 1. The minimum atomic E-state index is -0.0613. The van der Waals surface area contributed by atoms with E-state index in [-0.39, 0.29) is 5.91 Å². The average molecular weight is 259 g/mol. The monoisotopic (exact) mass is 258 g/mol. The minimum Gasteiger partial charge on any atom is -0.334 e. The SMILES string of the molecule is O=C1NCN(c2ccccc2)c2cc(Cl)ccc21. The second kappa shape index (κ2) is 4.35. The summed E-state index contributed by atoms with van der Waals surface area (Å²) in [7, 11) is 0. The summed E-state index contributed by atoms with van der Waals surface area (Å²) in [5.41, 5.74) is 2.52. The van der Waals surface area contributed by atoms with E-state index < -0.39 is 0 Å². The number of hydrogen-bond donors (Lipinski definition) is 1. The fourth-order valence-corrected chi connectivity index (χ4v) is 2.26. The first kappa shape index (κ1) is 11.1. The second-order valence-corrected chi connectivity index (χ2v) is 4.53. The summed E-state index contributed by atoms with van der Waals surface area (Å²) >= 11 is 6.02. The van der Waals surface area contributed by atoms with E-state index in [0.29, 0.717) is 17.3 Å². The molecule has 0 saturated heterocycles. The highest BCUT2D eigenvalue weighted by atomic mass is 35.5. The second-order valence-electron chi connectivity index (χ2n) is 4.09. The van der Waals surface area contributed by atoms with Gasteiger partial charge in [0.2, 0.25) is 0 Å². The quantitative estimate of drug-likeness (QED) is 0.852. The summed E-state index contributed by atoms with van der Waals surface area (Å²) in [5.74, 6) is -0.0613. The lowest BCUT2D eigenvalue weighted by atomic mass is 10.1. The Bertz CT molecular complexity index is 598. The molecular weight excluding hydrogens is 248 g/mol. The molecule has 0 fully saturated rings. The maximum absolute atomic E-state index is 11.8. The van der Waals surface area contributed by atoms with Crippen molar-refractivity contribution in [1.29, 1.82) is 0 Å². The van der Waals surface area contributed by atoms with Gasteiger partial charge in [-0.25, -0.2) is 0 Å². The zero-order valence-electron chi connectivity index (χ0n) is 9.56. The number of nitrogens with one attached hydrogen (secondary N) is 1. The van der Waals surface area contributed by atoms with Crippen LogP contribution >= 0.6 is 11.6 Å². The molecule has 3 nitrogen and oxygen atoms in total. The maximum atomic E-state index is 11.8. The lowest BCUT2D eigenvalue weighted by Gasteiger charge is -2.31. The van der Waals surface area contributed by atoms with Gasteiger partial charge >= 0.3 is 0 Å². The molecular formula is C14H11ClN2O. The third kappa shape index (κ3) is 1.83. The normalized spacial score (nSPS) is 14.1. The Morgan fingerprint density at radius 2 is 1.89 bits per heavy atom. The first-order valence-electron chi connectivity index (χ1n) is 5.66. The number of rotatable bonds is 1. The van der Waals surface area contributed by atoms with Crippen molar-refractivity contribution in [3.8, 4) is 0 Å². The molecule has 1 aliphatic rings. The Hall–Kier alpha value is -2.00. The van der Waals surface area contributed by atoms with Crippen LogP contribution in [-0.4, -0.2) is 12.6 Å². The summed E-state index contributed by atoms with van der Waals surface area (Å²) in [4.78, 5) is 13.8. The largest absolute Gasteiger partial charge is 0.334 e. The number of fused-ring (bicyclic) bond motifs is 1. The van der Waals surface area contributed by atoms with Crippen LogP contribution in [0.1, 0.15) is 10.4 Å². The molecule has 0 saturated carbocycles. The fraction of sp³-hybridized carbons (Fsp3) is 0.0714. The molecule has 0 bridgehead atoms.